The lowest BCUT2D eigenvalue weighted by atomic mass is 9.88. The zero-order valence-corrected chi connectivity index (χ0v) is 16.6. The van der Waals surface area contributed by atoms with Crippen molar-refractivity contribution in [1.82, 2.24) is 0 Å². The van der Waals surface area contributed by atoms with Gasteiger partial charge in [-0.3, -0.25) is 0 Å². The Bertz CT molecular complexity index is 828. The zero-order valence-electron chi connectivity index (χ0n) is 15.8. The molecule has 0 aromatic heterocycles. The fourth-order valence-electron chi connectivity index (χ4n) is 3.40. The van der Waals surface area contributed by atoms with Gasteiger partial charge in [0.25, 0.3) is 5.85 Å². The Morgan fingerprint density at radius 3 is 2.48 bits per heavy atom. The van der Waals surface area contributed by atoms with Crippen LogP contribution in [0.2, 0.25) is 5.02 Å². The Labute approximate surface area is 173 Å². The van der Waals surface area contributed by atoms with Crippen LogP contribution in [0.1, 0.15) is 29.7 Å². The van der Waals surface area contributed by atoms with Crippen molar-refractivity contribution in [2.45, 2.75) is 43.6 Å². The molecule has 0 spiro atoms. The number of halogens is 2. The van der Waals surface area contributed by atoms with Gasteiger partial charge in [0, 0.05) is 5.02 Å². The topological polar surface area (TPSA) is 99.4 Å². The van der Waals surface area contributed by atoms with E-state index in [1.807, 2.05) is 31.2 Å². The third-order valence-electron chi connectivity index (χ3n) is 4.98. The van der Waals surface area contributed by atoms with Crippen LogP contribution >= 0.6 is 11.6 Å². The highest BCUT2D eigenvalue weighted by Gasteiger charge is 2.56. The average molecular weight is 427 g/mol. The predicted molar refractivity (Wildman–Crippen MR) is 105 cm³/mol. The quantitative estimate of drug-likeness (QED) is 0.565. The van der Waals surface area contributed by atoms with E-state index >= 15 is 0 Å². The van der Waals surface area contributed by atoms with E-state index in [0.717, 1.165) is 11.3 Å². The molecule has 1 saturated heterocycles. The molecule has 158 valence electrons. The molecular weight excluding hydrogens is 403 g/mol. The smallest absolute Gasteiger partial charge is 0.266 e. The second-order valence-corrected chi connectivity index (χ2v) is 7.41. The monoisotopic (exact) mass is 426 g/mol. The SMILES string of the molecule is CCOc1ccc(Cc2cc([C@@H]3O[C@H](CO)[C@@H](O)[C@H](O)[C@]3(O)F)ccc2Cl)cc1. The first kappa shape index (κ1) is 22.0. The van der Waals surface area contributed by atoms with Crippen molar-refractivity contribution in [3.8, 4) is 5.75 Å². The Hall–Kier alpha value is -1.74. The van der Waals surface area contributed by atoms with Gasteiger partial charge in [-0.05, 0) is 48.2 Å². The molecule has 0 aliphatic carbocycles. The summed E-state index contributed by atoms with van der Waals surface area (Å²) in [5.41, 5.74) is 1.83. The van der Waals surface area contributed by atoms with E-state index in [1.54, 1.807) is 12.1 Å². The minimum Gasteiger partial charge on any atom is -0.494 e. The number of hydrogen-bond acceptors (Lipinski definition) is 6. The fraction of sp³-hybridized carbons (Fsp3) is 0.429. The standard InChI is InChI=1S/C21H24ClFO6/c1-2-28-15-6-3-12(4-7-15)9-14-10-13(5-8-16(14)22)20-21(23,27)19(26)18(25)17(11-24)29-20/h3-8,10,17-20,24-27H,2,9,11H2,1H3/t17-,18-,19+,20+,21-/m1/s1. The maximum atomic E-state index is 14.8. The lowest BCUT2D eigenvalue weighted by molar-refractivity contribution is -0.324. The molecule has 2 aromatic rings. The number of benzene rings is 2. The summed E-state index contributed by atoms with van der Waals surface area (Å²) in [4.78, 5) is 0. The Morgan fingerprint density at radius 1 is 1.17 bits per heavy atom. The third kappa shape index (κ3) is 4.55. The minimum atomic E-state index is -3.24. The zero-order chi connectivity index (χ0) is 21.2. The van der Waals surface area contributed by atoms with Crippen LogP contribution in [0.5, 0.6) is 5.75 Å². The lowest BCUT2D eigenvalue weighted by Gasteiger charge is -2.43. The van der Waals surface area contributed by atoms with Crippen molar-refractivity contribution < 1.29 is 34.3 Å². The highest BCUT2D eigenvalue weighted by atomic mass is 35.5. The molecule has 2 aromatic carbocycles. The molecule has 0 amide bonds. The number of aliphatic hydroxyl groups is 4. The maximum absolute atomic E-state index is 14.8. The van der Waals surface area contributed by atoms with E-state index in [0.29, 0.717) is 23.6 Å². The van der Waals surface area contributed by atoms with Crippen molar-refractivity contribution in [2.24, 2.45) is 0 Å². The van der Waals surface area contributed by atoms with Crippen molar-refractivity contribution >= 4 is 11.6 Å². The number of ether oxygens (including phenoxy) is 2. The maximum Gasteiger partial charge on any atom is 0.266 e. The number of aliphatic hydroxyl groups excluding tert-OH is 3. The van der Waals surface area contributed by atoms with Gasteiger partial charge in [-0.25, -0.2) is 4.39 Å². The van der Waals surface area contributed by atoms with E-state index in [1.165, 1.54) is 6.07 Å². The molecule has 4 N–H and O–H groups in total. The van der Waals surface area contributed by atoms with Gasteiger partial charge >= 0.3 is 0 Å². The van der Waals surface area contributed by atoms with E-state index in [2.05, 4.69) is 0 Å². The Kier molecular flexibility index (Phi) is 6.78. The molecule has 0 radical (unpaired) electrons. The van der Waals surface area contributed by atoms with Crippen molar-refractivity contribution in [2.75, 3.05) is 13.2 Å². The largest absolute Gasteiger partial charge is 0.494 e. The highest BCUT2D eigenvalue weighted by molar-refractivity contribution is 6.31. The summed E-state index contributed by atoms with van der Waals surface area (Å²) >= 11 is 6.29. The normalized spacial score (nSPS) is 29.6. The molecule has 6 nitrogen and oxygen atoms in total. The summed E-state index contributed by atoms with van der Waals surface area (Å²) in [6, 6.07) is 12.0. The number of alkyl halides is 1. The molecule has 8 heteroatoms. The van der Waals surface area contributed by atoms with Gasteiger partial charge in [0.1, 0.15) is 30.2 Å². The van der Waals surface area contributed by atoms with Crippen LogP contribution < -0.4 is 4.74 Å². The average Bonchev–Trinajstić information content (AvgIpc) is 2.70. The van der Waals surface area contributed by atoms with Crippen LogP contribution in [0, 0.1) is 0 Å². The molecule has 0 bridgehead atoms. The summed E-state index contributed by atoms with van der Waals surface area (Å²) < 4.78 is 25.6. The highest BCUT2D eigenvalue weighted by Crippen LogP contribution is 2.42. The lowest BCUT2D eigenvalue weighted by Crippen LogP contribution is -2.61. The molecular formula is C21H24ClFO6. The van der Waals surface area contributed by atoms with Gasteiger partial charge in [0.15, 0.2) is 0 Å². The van der Waals surface area contributed by atoms with Crippen molar-refractivity contribution in [1.29, 1.82) is 0 Å². The molecule has 1 aliphatic heterocycles. The number of hydrogen-bond donors (Lipinski definition) is 4. The molecule has 1 fully saturated rings. The third-order valence-corrected chi connectivity index (χ3v) is 5.35. The van der Waals surface area contributed by atoms with Gasteiger partial charge in [-0.2, -0.15) is 0 Å². The molecule has 1 aliphatic rings. The molecule has 29 heavy (non-hydrogen) atoms. The second-order valence-electron chi connectivity index (χ2n) is 7.00. The van der Waals surface area contributed by atoms with Crippen LogP contribution in [0.15, 0.2) is 42.5 Å². The van der Waals surface area contributed by atoms with Crippen LogP contribution in [-0.2, 0) is 11.2 Å². The van der Waals surface area contributed by atoms with Crippen LogP contribution in [0.3, 0.4) is 0 Å². The van der Waals surface area contributed by atoms with Gasteiger partial charge < -0.3 is 29.9 Å². The Balaban J connectivity index is 1.87. The molecule has 5 atom stereocenters. The second kappa shape index (κ2) is 8.95. The molecule has 3 rings (SSSR count). The summed E-state index contributed by atoms with van der Waals surface area (Å²) in [6.45, 7) is 1.82. The van der Waals surface area contributed by atoms with Crippen LogP contribution in [-0.4, -0.2) is 57.8 Å². The van der Waals surface area contributed by atoms with Gasteiger partial charge in [-0.15, -0.1) is 0 Å². The van der Waals surface area contributed by atoms with Crippen molar-refractivity contribution in [3.63, 3.8) is 0 Å². The van der Waals surface area contributed by atoms with Crippen molar-refractivity contribution in [3.05, 3.63) is 64.2 Å². The van der Waals surface area contributed by atoms with Gasteiger partial charge in [-0.1, -0.05) is 35.9 Å². The van der Waals surface area contributed by atoms with Crippen LogP contribution in [0.4, 0.5) is 4.39 Å². The summed E-state index contributed by atoms with van der Waals surface area (Å²) in [6.07, 6.45) is -6.30. The first-order chi connectivity index (χ1) is 13.8. The van der Waals surface area contributed by atoms with E-state index in [-0.39, 0.29) is 5.56 Å². The van der Waals surface area contributed by atoms with E-state index in [9.17, 15) is 24.8 Å². The summed E-state index contributed by atoms with van der Waals surface area (Å²) in [7, 11) is 0. The van der Waals surface area contributed by atoms with E-state index < -0.39 is 36.9 Å². The fourth-order valence-corrected chi connectivity index (χ4v) is 3.58. The molecule has 0 unspecified atom stereocenters. The predicted octanol–water partition coefficient (Wildman–Crippen LogP) is 2.14. The molecule has 1 heterocycles. The van der Waals surface area contributed by atoms with Gasteiger partial charge in [0.2, 0.25) is 0 Å². The first-order valence-electron chi connectivity index (χ1n) is 9.31. The minimum absolute atomic E-state index is 0.227. The summed E-state index contributed by atoms with van der Waals surface area (Å²) in [5.74, 6) is -2.49. The first-order valence-corrected chi connectivity index (χ1v) is 9.69. The molecule has 0 saturated carbocycles. The number of rotatable bonds is 6. The Morgan fingerprint density at radius 2 is 1.86 bits per heavy atom. The van der Waals surface area contributed by atoms with E-state index in [4.69, 9.17) is 21.1 Å². The summed E-state index contributed by atoms with van der Waals surface area (Å²) in [5, 5.41) is 39.7. The van der Waals surface area contributed by atoms with Gasteiger partial charge in [0.05, 0.1) is 13.2 Å². The van der Waals surface area contributed by atoms with Crippen LogP contribution in [0.25, 0.3) is 0 Å².